The van der Waals surface area contributed by atoms with Crippen LogP contribution in [0, 0.1) is 5.41 Å². The minimum absolute atomic E-state index is 0.0443. The number of aliphatic hydroxyl groups excluding tert-OH is 1. The molecule has 106 valence electrons. The van der Waals surface area contributed by atoms with Gasteiger partial charge in [-0.3, -0.25) is 4.79 Å². The topological polar surface area (TPSA) is 49.3 Å². The highest BCUT2D eigenvalue weighted by atomic mass is 16.3. The summed E-state index contributed by atoms with van der Waals surface area (Å²) < 4.78 is 0. The molecule has 3 nitrogen and oxygen atoms in total. The monoisotopic (exact) mass is 263 g/mol. The van der Waals surface area contributed by atoms with Crippen LogP contribution in [-0.2, 0) is 6.42 Å². The van der Waals surface area contributed by atoms with Gasteiger partial charge in [-0.1, -0.05) is 39.0 Å². The molecule has 2 N–H and O–H groups in total. The minimum Gasteiger partial charge on any atom is -0.396 e. The maximum Gasteiger partial charge on any atom is 0.251 e. The molecule has 0 saturated heterocycles. The lowest BCUT2D eigenvalue weighted by Gasteiger charge is -2.29. The molecule has 0 aromatic heterocycles. The van der Waals surface area contributed by atoms with Crippen molar-refractivity contribution in [3.63, 3.8) is 0 Å². The van der Waals surface area contributed by atoms with Crippen LogP contribution in [0.4, 0.5) is 0 Å². The summed E-state index contributed by atoms with van der Waals surface area (Å²) >= 11 is 0. The van der Waals surface area contributed by atoms with Crippen LogP contribution in [0.2, 0.25) is 0 Å². The van der Waals surface area contributed by atoms with Crippen molar-refractivity contribution in [3.05, 3.63) is 35.4 Å². The SMILES string of the molecule is CCc1ccccc1C(=O)NCC(CC)(CC)CO. The summed E-state index contributed by atoms with van der Waals surface area (Å²) in [5, 5.41) is 12.5. The molecular formula is C16H25NO2. The Morgan fingerprint density at radius 1 is 1.21 bits per heavy atom. The van der Waals surface area contributed by atoms with Gasteiger partial charge in [0.15, 0.2) is 0 Å². The fourth-order valence-electron chi connectivity index (χ4n) is 2.19. The van der Waals surface area contributed by atoms with Crippen LogP contribution < -0.4 is 5.32 Å². The molecule has 1 amide bonds. The maximum atomic E-state index is 12.2. The van der Waals surface area contributed by atoms with E-state index in [2.05, 4.69) is 5.32 Å². The van der Waals surface area contributed by atoms with Gasteiger partial charge < -0.3 is 10.4 Å². The van der Waals surface area contributed by atoms with Crippen LogP contribution in [-0.4, -0.2) is 24.2 Å². The van der Waals surface area contributed by atoms with Gasteiger partial charge in [-0.2, -0.15) is 0 Å². The highest BCUT2D eigenvalue weighted by Gasteiger charge is 2.26. The fraction of sp³-hybridized carbons (Fsp3) is 0.562. The van der Waals surface area contributed by atoms with Crippen molar-refractivity contribution < 1.29 is 9.90 Å². The van der Waals surface area contributed by atoms with Crippen molar-refractivity contribution in [2.75, 3.05) is 13.2 Å². The van der Waals surface area contributed by atoms with E-state index in [0.717, 1.165) is 30.4 Å². The number of carbonyl (C=O) groups excluding carboxylic acids is 1. The second kappa shape index (κ2) is 7.29. The van der Waals surface area contributed by atoms with E-state index in [0.29, 0.717) is 6.54 Å². The zero-order chi connectivity index (χ0) is 14.3. The van der Waals surface area contributed by atoms with Crippen molar-refractivity contribution in [2.24, 2.45) is 5.41 Å². The predicted molar refractivity (Wildman–Crippen MR) is 78.3 cm³/mol. The number of rotatable bonds is 7. The molecule has 0 aliphatic heterocycles. The quantitative estimate of drug-likeness (QED) is 0.794. The van der Waals surface area contributed by atoms with Crippen LogP contribution in [0.25, 0.3) is 0 Å². The summed E-state index contributed by atoms with van der Waals surface area (Å²) in [4.78, 5) is 12.2. The van der Waals surface area contributed by atoms with Gasteiger partial charge in [0, 0.05) is 17.5 Å². The van der Waals surface area contributed by atoms with Gasteiger partial charge in [-0.25, -0.2) is 0 Å². The molecular weight excluding hydrogens is 238 g/mol. The average molecular weight is 263 g/mol. The van der Waals surface area contributed by atoms with Crippen molar-refractivity contribution >= 4 is 5.91 Å². The lowest BCUT2D eigenvalue weighted by molar-refractivity contribution is 0.0850. The molecule has 0 aliphatic carbocycles. The average Bonchev–Trinajstić information content (AvgIpc) is 2.49. The molecule has 0 atom stereocenters. The van der Waals surface area contributed by atoms with E-state index in [1.807, 2.05) is 45.0 Å². The molecule has 0 aliphatic rings. The molecule has 1 aromatic carbocycles. The van der Waals surface area contributed by atoms with E-state index in [4.69, 9.17) is 0 Å². The van der Waals surface area contributed by atoms with E-state index >= 15 is 0 Å². The van der Waals surface area contributed by atoms with Crippen molar-refractivity contribution in [1.82, 2.24) is 5.32 Å². The van der Waals surface area contributed by atoms with Crippen molar-refractivity contribution in [1.29, 1.82) is 0 Å². The Kier molecular flexibility index (Phi) is 6.03. The standard InChI is InChI=1S/C16H25NO2/c1-4-13-9-7-8-10-14(13)15(19)17-11-16(5-2,6-3)12-18/h7-10,18H,4-6,11-12H2,1-3H3,(H,17,19). The van der Waals surface area contributed by atoms with Crippen LogP contribution >= 0.6 is 0 Å². The predicted octanol–water partition coefficient (Wildman–Crippen LogP) is 2.78. The van der Waals surface area contributed by atoms with Gasteiger partial charge in [-0.05, 0) is 30.9 Å². The Balaban J connectivity index is 2.75. The number of hydrogen-bond donors (Lipinski definition) is 2. The molecule has 19 heavy (non-hydrogen) atoms. The summed E-state index contributed by atoms with van der Waals surface area (Å²) in [6, 6.07) is 7.67. The molecule has 1 rings (SSSR count). The van der Waals surface area contributed by atoms with E-state index in [1.54, 1.807) is 0 Å². The van der Waals surface area contributed by atoms with Crippen molar-refractivity contribution in [3.8, 4) is 0 Å². The maximum absolute atomic E-state index is 12.2. The van der Waals surface area contributed by atoms with E-state index in [9.17, 15) is 9.90 Å². The van der Waals surface area contributed by atoms with Crippen LogP contribution in [0.1, 0.15) is 49.5 Å². The number of hydrogen-bond acceptors (Lipinski definition) is 2. The summed E-state index contributed by atoms with van der Waals surface area (Å²) in [5.74, 6) is -0.0443. The summed E-state index contributed by atoms with van der Waals surface area (Å²) in [7, 11) is 0. The van der Waals surface area contributed by atoms with Gasteiger partial charge in [-0.15, -0.1) is 0 Å². The molecule has 3 heteroatoms. The third-order valence-electron chi connectivity index (χ3n) is 4.10. The smallest absolute Gasteiger partial charge is 0.251 e. The number of aliphatic hydroxyl groups is 1. The first-order valence-corrected chi connectivity index (χ1v) is 7.09. The Bertz CT molecular complexity index is 403. The Morgan fingerprint density at radius 2 is 1.84 bits per heavy atom. The highest BCUT2D eigenvalue weighted by Crippen LogP contribution is 2.24. The third-order valence-corrected chi connectivity index (χ3v) is 4.10. The molecule has 0 saturated carbocycles. The second-order valence-electron chi connectivity index (χ2n) is 5.06. The van der Waals surface area contributed by atoms with E-state index in [-0.39, 0.29) is 17.9 Å². The molecule has 0 bridgehead atoms. The zero-order valence-corrected chi connectivity index (χ0v) is 12.2. The first kappa shape index (κ1) is 15.7. The molecule has 0 heterocycles. The first-order chi connectivity index (χ1) is 9.12. The lowest BCUT2D eigenvalue weighted by atomic mass is 9.83. The Hall–Kier alpha value is -1.35. The first-order valence-electron chi connectivity index (χ1n) is 7.09. The van der Waals surface area contributed by atoms with E-state index < -0.39 is 0 Å². The largest absolute Gasteiger partial charge is 0.396 e. The second-order valence-corrected chi connectivity index (χ2v) is 5.06. The van der Waals surface area contributed by atoms with Crippen molar-refractivity contribution in [2.45, 2.75) is 40.0 Å². The van der Waals surface area contributed by atoms with Gasteiger partial charge >= 0.3 is 0 Å². The summed E-state index contributed by atoms with van der Waals surface area (Å²) in [6.07, 6.45) is 2.56. The molecule has 0 radical (unpaired) electrons. The van der Waals surface area contributed by atoms with Crippen LogP contribution in [0.15, 0.2) is 24.3 Å². The normalized spacial score (nSPS) is 11.4. The number of aryl methyl sites for hydroxylation is 1. The number of carbonyl (C=O) groups is 1. The number of benzene rings is 1. The van der Waals surface area contributed by atoms with Gasteiger partial charge in [0.25, 0.3) is 5.91 Å². The Morgan fingerprint density at radius 3 is 2.37 bits per heavy atom. The fourth-order valence-corrected chi connectivity index (χ4v) is 2.19. The van der Waals surface area contributed by atoms with Gasteiger partial charge in [0.1, 0.15) is 0 Å². The molecule has 0 spiro atoms. The molecule has 0 unspecified atom stereocenters. The van der Waals surface area contributed by atoms with Gasteiger partial charge in [0.2, 0.25) is 0 Å². The third kappa shape index (κ3) is 3.80. The van der Waals surface area contributed by atoms with Crippen LogP contribution in [0.3, 0.4) is 0 Å². The highest BCUT2D eigenvalue weighted by molar-refractivity contribution is 5.95. The van der Waals surface area contributed by atoms with Crippen LogP contribution in [0.5, 0.6) is 0 Å². The zero-order valence-electron chi connectivity index (χ0n) is 12.2. The molecule has 0 fully saturated rings. The molecule has 1 aromatic rings. The van der Waals surface area contributed by atoms with Gasteiger partial charge in [0.05, 0.1) is 6.61 Å². The summed E-state index contributed by atoms with van der Waals surface area (Å²) in [6.45, 7) is 6.77. The Labute approximate surface area is 116 Å². The number of nitrogens with one attached hydrogen (secondary N) is 1. The minimum atomic E-state index is -0.198. The van der Waals surface area contributed by atoms with E-state index in [1.165, 1.54) is 0 Å². The summed E-state index contributed by atoms with van der Waals surface area (Å²) in [5.41, 5.74) is 1.60. The number of amides is 1. The lowest BCUT2D eigenvalue weighted by Crippen LogP contribution is -2.39.